The second-order valence-corrected chi connectivity index (χ2v) is 14.1. The van der Waals surface area contributed by atoms with E-state index in [-0.39, 0.29) is 16.4 Å². The first-order valence-electron chi connectivity index (χ1n) is 9.48. The Balaban J connectivity index is 2.29. The summed E-state index contributed by atoms with van der Waals surface area (Å²) in [6, 6.07) is 6.51. The lowest BCUT2D eigenvalue weighted by Gasteiger charge is -2.39. The highest BCUT2D eigenvalue weighted by molar-refractivity contribution is 6.74. The van der Waals surface area contributed by atoms with Gasteiger partial charge < -0.3 is 9.16 Å². The quantitative estimate of drug-likeness (QED) is 0.372. The van der Waals surface area contributed by atoms with Gasteiger partial charge in [-0.3, -0.25) is 0 Å². The Morgan fingerprint density at radius 2 is 1.96 bits per heavy atom. The Hall–Kier alpha value is -1.55. The summed E-state index contributed by atoms with van der Waals surface area (Å²) in [5, 5.41) is 0.176. The highest BCUT2D eigenvalue weighted by atomic mass is 28.4. The first kappa shape index (κ1) is 20.8. The molecule has 0 bridgehead atoms. The molecule has 1 aromatic carbocycles. The summed E-state index contributed by atoms with van der Waals surface area (Å²) in [4.78, 5) is 11.8. The first-order valence-corrected chi connectivity index (χ1v) is 12.4. The normalized spacial score (nSPS) is 20.3. The van der Waals surface area contributed by atoms with Crippen molar-refractivity contribution >= 4 is 14.3 Å². The third-order valence-electron chi connectivity index (χ3n) is 6.16. The molecule has 1 unspecified atom stereocenters. The van der Waals surface area contributed by atoms with Gasteiger partial charge in [-0.2, -0.15) is 0 Å². The summed E-state index contributed by atoms with van der Waals surface area (Å²) in [7, 11) is -0.436. The molecule has 1 aliphatic carbocycles. The maximum Gasteiger partial charge on any atom is 0.333 e. The summed E-state index contributed by atoms with van der Waals surface area (Å²) < 4.78 is 11.3. The van der Waals surface area contributed by atoms with Crippen LogP contribution >= 0.6 is 0 Å². The van der Waals surface area contributed by atoms with Crippen LogP contribution in [0.2, 0.25) is 18.1 Å². The van der Waals surface area contributed by atoms with Gasteiger partial charge in [-0.15, -0.1) is 0 Å². The van der Waals surface area contributed by atoms with E-state index in [0.717, 1.165) is 25.0 Å². The second kappa shape index (κ2) is 7.22. The van der Waals surface area contributed by atoms with Crippen molar-refractivity contribution in [3.8, 4) is 5.75 Å². The van der Waals surface area contributed by atoms with Crippen LogP contribution in [0.15, 0.2) is 30.4 Å². The van der Waals surface area contributed by atoms with E-state index in [0.29, 0.717) is 12.0 Å². The minimum absolute atomic E-state index is 0.0750. The average Bonchev–Trinajstić information content (AvgIpc) is 2.52. The fourth-order valence-electron chi connectivity index (χ4n) is 3.55. The summed E-state index contributed by atoms with van der Waals surface area (Å²) in [5.74, 6) is 0.669. The van der Waals surface area contributed by atoms with Gasteiger partial charge in [0.25, 0.3) is 0 Å². The molecule has 1 atom stereocenters. The van der Waals surface area contributed by atoms with Crippen LogP contribution in [0.5, 0.6) is 5.75 Å². The summed E-state index contributed by atoms with van der Waals surface area (Å²) in [5.41, 5.74) is 3.13. The third kappa shape index (κ3) is 4.22. The zero-order chi connectivity index (χ0) is 19.8. The summed E-state index contributed by atoms with van der Waals surface area (Å²) in [6.45, 7) is 17.5. The molecule has 3 nitrogen and oxygen atoms in total. The van der Waals surface area contributed by atoms with Gasteiger partial charge in [-0.1, -0.05) is 40.3 Å². The van der Waals surface area contributed by atoms with E-state index >= 15 is 0 Å². The minimum Gasteiger partial charge on any atom is -0.543 e. The topological polar surface area (TPSA) is 35.5 Å². The molecule has 1 aromatic rings. The standard InChI is InChI=1S/C22H34O3Si/c1-16(20(23)24-6)15-22(5)13-9-10-17-14-18(11-12-19(17)22)25-26(7,8)21(2,3)4/h11-12,14H,1,9-10,13,15H2,2-8H3. The van der Waals surface area contributed by atoms with E-state index in [1.54, 1.807) is 0 Å². The van der Waals surface area contributed by atoms with Gasteiger partial charge >= 0.3 is 5.97 Å². The molecule has 0 fully saturated rings. The smallest absolute Gasteiger partial charge is 0.333 e. The average molecular weight is 375 g/mol. The van der Waals surface area contributed by atoms with Gasteiger partial charge in [-0.25, -0.2) is 4.79 Å². The number of methoxy groups -OCH3 is 1. The van der Waals surface area contributed by atoms with Gasteiger partial charge in [0.15, 0.2) is 0 Å². The molecule has 0 saturated heterocycles. The second-order valence-electron chi connectivity index (χ2n) is 9.37. The number of rotatable bonds is 5. The maximum absolute atomic E-state index is 11.8. The minimum atomic E-state index is -1.85. The number of carbonyl (C=O) groups excluding carboxylic acids is 1. The van der Waals surface area contributed by atoms with Gasteiger partial charge in [0.1, 0.15) is 5.75 Å². The van der Waals surface area contributed by atoms with E-state index in [1.165, 1.54) is 18.2 Å². The molecule has 0 aromatic heterocycles. The number of esters is 1. The van der Waals surface area contributed by atoms with E-state index in [4.69, 9.17) is 9.16 Å². The zero-order valence-corrected chi connectivity index (χ0v) is 18.5. The predicted octanol–water partition coefficient (Wildman–Crippen LogP) is 5.78. The molecule has 0 spiro atoms. The van der Waals surface area contributed by atoms with E-state index in [2.05, 4.69) is 65.6 Å². The molecule has 0 heterocycles. The molecule has 4 heteroatoms. The van der Waals surface area contributed by atoms with E-state index < -0.39 is 8.32 Å². The molecule has 2 rings (SSSR count). The van der Waals surface area contributed by atoms with Crippen molar-refractivity contribution in [2.75, 3.05) is 7.11 Å². The molecule has 0 amide bonds. The fraction of sp³-hybridized carbons (Fsp3) is 0.591. The molecule has 0 N–H and O–H groups in total. The number of aryl methyl sites for hydroxylation is 1. The number of fused-ring (bicyclic) bond motifs is 1. The highest BCUT2D eigenvalue weighted by Gasteiger charge is 2.39. The van der Waals surface area contributed by atoms with Crippen molar-refractivity contribution in [3.05, 3.63) is 41.5 Å². The maximum atomic E-state index is 11.8. The molecular weight excluding hydrogens is 340 g/mol. The van der Waals surface area contributed by atoms with Crippen LogP contribution in [0.25, 0.3) is 0 Å². The molecule has 0 aliphatic heterocycles. The fourth-order valence-corrected chi connectivity index (χ4v) is 4.57. The monoisotopic (exact) mass is 374 g/mol. The number of ether oxygens (including phenoxy) is 1. The van der Waals surface area contributed by atoms with Crippen LogP contribution in [0.4, 0.5) is 0 Å². The summed E-state index contributed by atoms with van der Waals surface area (Å²) >= 11 is 0. The van der Waals surface area contributed by atoms with Crippen molar-refractivity contribution in [2.24, 2.45) is 0 Å². The van der Waals surface area contributed by atoms with Crippen LogP contribution in [0.1, 0.15) is 58.1 Å². The van der Waals surface area contributed by atoms with Crippen LogP contribution in [-0.4, -0.2) is 21.4 Å². The number of carbonyl (C=O) groups is 1. The van der Waals surface area contributed by atoms with Crippen molar-refractivity contribution < 1.29 is 14.0 Å². The van der Waals surface area contributed by atoms with Gasteiger partial charge in [0.2, 0.25) is 8.32 Å². The van der Waals surface area contributed by atoms with Crippen LogP contribution in [-0.2, 0) is 21.4 Å². The van der Waals surface area contributed by atoms with Crippen LogP contribution in [0, 0.1) is 0 Å². The lowest BCUT2D eigenvalue weighted by molar-refractivity contribution is -0.136. The van der Waals surface area contributed by atoms with E-state index in [1.807, 2.05) is 0 Å². The zero-order valence-electron chi connectivity index (χ0n) is 17.5. The van der Waals surface area contributed by atoms with Gasteiger partial charge in [-0.05, 0) is 72.5 Å². The van der Waals surface area contributed by atoms with Crippen LogP contribution in [0.3, 0.4) is 0 Å². The Morgan fingerprint density at radius 1 is 1.31 bits per heavy atom. The third-order valence-corrected chi connectivity index (χ3v) is 10.5. The van der Waals surface area contributed by atoms with Crippen molar-refractivity contribution in [1.29, 1.82) is 0 Å². The number of hydrogen-bond donors (Lipinski definition) is 0. The lowest BCUT2D eigenvalue weighted by atomic mass is 9.68. The highest BCUT2D eigenvalue weighted by Crippen LogP contribution is 2.44. The SMILES string of the molecule is C=C(CC1(C)CCCc2cc(O[Si](C)(C)C(C)(C)C)ccc21)C(=O)OC. The van der Waals surface area contributed by atoms with Crippen molar-refractivity contribution in [3.63, 3.8) is 0 Å². The number of hydrogen-bond acceptors (Lipinski definition) is 3. The largest absolute Gasteiger partial charge is 0.543 e. The first-order chi connectivity index (χ1) is 11.9. The molecular formula is C22H34O3Si. The number of benzene rings is 1. The Bertz CT molecular complexity index is 700. The molecule has 26 heavy (non-hydrogen) atoms. The Morgan fingerprint density at radius 3 is 2.54 bits per heavy atom. The van der Waals surface area contributed by atoms with E-state index in [9.17, 15) is 4.79 Å². The van der Waals surface area contributed by atoms with Gasteiger partial charge in [0.05, 0.1) is 7.11 Å². The van der Waals surface area contributed by atoms with Crippen LogP contribution < -0.4 is 4.43 Å². The van der Waals surface area contributed by atoms with Crippen molar-refractivity contribution in [1.82, 2.24) is 0 Å². The van der Waals surface area contributed by atoms with Gasteiger partial charge in [0, 0.05) is 5.57 Å². The Kier molecular flexibility index (Phi) is 5.76. The molecule has 144 valence electrons. The lowest BCUT2D eigenvalue weighted by Crippen LogP contribution is -2.43. The summed E-state index contributed by atoms with van der Waals surface area (Å²) in [6.07, 6.45) is 3.86. The van der Waals surface area contributed by atoms with Crippen molar-refractivity contribution in [2.45, 2.75) is 76.9 Å². The molecule has 0 saturated carbocycles. The molecule has 0 radical (unpaired) electrons. The predicted molar refractivity (Wildman–Crippen MR) is 110 cm³/mol. The Labute approximate surface area is 159 Å². The molecule has 1 aliphatic rings.